The molecule has 3 aromatic rings. The minimum atomic E-state index is -5.08. The van der Waals surface area contributed by atoms with Crippen LogP contribution in [0.4, 0.5) is 36.6 Å². The molecule has 2 heterocycles. The van der Waals surface area contributed by atoms with Gasteiger partial charge in [-0.3, -0.25) is 9.59 Å². The minimum absolute atomic E-state index is 0.175. The van der Waals surface area contributed by atoms with E-state index >= 15 is 0 Å². The highest BCUT2D eigenvalue weighted by atomic mass is 19.4. The Morgan fingerprint density at radius 3 is 2.06 bits per heavy atom. The lowest BCUT2D eigenvalue weighted by molar-refractivity contribution is -0.193. The number of halogens is 7. The van der Waals surface area contributed by atoms with Crippen molar-refractivity contribution < 1.29 is 60.1 Å². The number of aliphatic carboxylic acids is 2. The van der Waals surface area contributed by atoms with Gasteiger partial charge in [0.15, 0.2) is 0 Å². The molecule has 0 spiro atoms. The number of nitrogens with zero attached hydrogens (tertiary/aromatic N) is 1. The van der Waals surface area contributed by atoms with Crippen LogP contribution in [-0.4, -0.2) is 69.9 Å². The topological polar surface area (TPSA) is 184 Å². The van der Waals surface area contributed by atoms with Gasteiger partial charge in [-0.05, 0) is 79.6 Å². The number of carbonyl (C=O) groups is 4. The van der Waals surface area contributed by atoms with Gasteiger partial charge in [0.25, 0.3) is 0 Å². The fourth-order valence-corrected chi connectivity index (χ4v) is 4.53. The zero-order valence-corrected chi connectivity index (χ0v) is 26.5. The van der Waals surface area contributed by atoms with Crippen LogP contribution in [0, 0.1) is 18.7 Å². The molecule has 2 aromatic carbocycles. The number of carboxylic acid groups (broad SMARTS) is 2. The molecule has 18 heteroatoms. The second kappa shape index (κ2) is 17.9. The lowest BCUT2D eigenvalue weighted by atomic mass is 9.94. The first kappa shape index (κ1) is 40.9. The van der Waals surface area contributed by atoms with Crippen LogP contribution in [-0.2, 0) is 32.1 Å². The number of hydrogen-bond donors (Lipinski definition) is 6. The Kier molecular flexibility index (Phi) is 14.7. The highest BCUT2D eigenvalue weighted by Gasteiger charge is 2.39. The third-order valence-electron chi connectivity index (χ3n) is 7.07. The van der Waals surface area contributed by atoms with Crippen LogP contribution in [0.3, 0.4) is 0 Å². The number of amides is 2. The van der Waals surface area contributed by atoms with E-state index in [1.807, 2.05) is 25.1 Å². The van der Waals surface area contributed by atoms with Crippen molar-refractivity contribution in [2.75, 3.05) is 12.3 Å². The summed E-state index contributed by atoms with van der Waals surface area (Å²) in [6, 6.07) is 17.2. The van der Waals surface area contributed by atoms with E-state index in [1.165, 1.54) is 17.7 Å². The number of alkyl halides is 6. The summed E-state index contributed by atoms with van der Waals surface area (Å²) in [5, 5.41) is 23.2. The van der Waals surface area contributed by atoms with Gasteiger partial charge in [-0.1, -0.05) is 42.5 Å². The molecule has 0 radical (unpaired) electrons. The number of carboxylic acids is 2. The van der Waals surface area contributed by atoms with E-state index in [9.17, 15) is 40.3 Å². The second-order valence-corrected chi connectivity index (χ2v) is 11.0. The third-order valence-corrected chi connectivity index (χ3v) is 7.07. The molecule has 1 aliphatic heterocycles. The van der Waals surface area contributed by atoms with Gasteiger partial charge in [-0.15, -0.1) is 0 Å². The summed E-state index contributed by atoms with van der Waals surface area (Å²) in [6.45, 7) is 4.56. The van der Waals surface area contributed by atoms with Crippen molar-refractivity contribution in [2.24, 2.45) is 5.92 Å². The van der Waals surface area contributed by atoms with Gasteiger partial charge < -0.3 is 31.9 Å². The molecule has 1 saturated heterocycles. The Morgan fingerprint density at radius 1 is 0.940 bits per heavy atom. The number of nitrogen functional groups attached to an aromatic ring is 1. The molecule has 7 N–H and O–H groups in total. The molecule has 1 aliphatic rings. The molecule has 0 aliphatic carbocycles. The van der Waals surface area contributed by atoms with Crippen molar-refractivity contribution in [2.45, 2.75) is 57.7 Å². The SMILES string of the molecule is Cc1nc(N)ccc1CNC(=O)[C@H](C)NC(=O)[C@H]1C[C@H](Cc2cccc(-c3ccc(F)cc3)c2)CN1.O=C(O)C(F)(F)F.O=C(O)C(F)(F)F. The number of pyridine rings is 1. The summed E-state index contributed by atoms with van der Waals surface area (Å²) in [5.74, 6) is -5.46. The molecule has 1 fully saturated rings. The number of aryl methyl sites for hydroxylation is 1. The molecule has 11 nitrogen and oxygen atoms in total. The number of aromatic nitrogens is 1. The van der Waals surface area contributed by atoms with E-state index < -0.39 is 30.3 Å². The van der Waals surface area contributed by atoms with Crippen molar-refractivity contribution in [3.8, 4) is 11.1 Å². The summed E-state index contributed by atoms with van der Waals surface area (Å²) in [4.78, 5) is 47.3. The number of anilines is 1. The number of nitrogens with one attached hydrogen (secondary N) is 3. The maximum Gasteiger partial charge on any atom is 0.490 e. The molecule has 2 amide bonds. The maximum atomic E-state index is 13.2. The van der Waals surface area contributed by atoms with Gasteiger partial charge in [0.2, 0.25) is 11.8 Å². The number of nitrogens with two attached hydrogens (primary N) is 1. The van der Waals surface area contributed by atoms with Crippen LogP contribution in [0.5, 0.6) is 0 Å². The Morgan fingerprint density at radius 2 is 1.52 bits per heavy atom. The van der Waals surface area contributed by atoms with Crippen molar-refractivity contribution in [3.63, 3.8) is 0 Å². The molecule has 4 rings (SSSR count). The summed E-state index contributed by atoms with van der Waals surface area (Å²) in [7, 11) is 0. The first-order chi connectivity index (χ1) is 23.2. The summed E-state index contributed by atoms with van der Waals surface area (Å²) in [6.07, 6.45) is -8.64. The first-order valence-electron chi connectivity index (χ1n) is 14.7. The van der Waals surface area contributed by atoms with Crippen molar-refractivity contribution in [1.29, 1.82) is 0 Å². The molecular formula is C32H34F7N5O6. The van der Waals surface area contributed by atoms with Crippen molar-refractivity contribution >= 4 is 29.6 Å². The number of carbonyl (C=O) groups excluding carboxylic acids is 2. The fraction of sp³-hybridized carbons (Fsp3) is 0.344. The van der Waals surface area contributed by atoms with Gasteiger partial charge >= 0.3 is 24.3 Å². The zero-order chi connectivity index (χ0) is 37.8. The predicted molar refractivity (Wildman–Crippen MR) is 166 cm³/mol. The average molecular weight is 718 g/mol. The van der Waals surface area contributed by atoms with E-state index in [0.717, 1.165) is 35.3 Å². The van der Waals surface area contributed by atoms with Crippen molar-refractivity contribution in [3.05, 3.63) is 83.3 Å². The van der Waals surface area contributed by atoms with Gasteiger partial charge in [-0.2, -0.15) is 26.3 Å². The van der Waals surface area contributed by atoms with Gasteiger partial charge in [0, 0.05) is 12.2 Å². The minimum Gasteiger partial charge on any atom is -0.475 e. The molecule has 50 heavy (non-hydrogen) atoms. The quantitative estimate of drug-likeness (QED) is 0.184. The van der Waals surface area contributed by atoms with E-state index in [0.29, 0.717) is 24.7 Å². The molecule has 0 saturated carbocycles. The average Bonchev–Trinajstić information content (AvgIpc) is 3.49. The van der Waals surface area contributed by atoms with Crippen LogP contribution in [0.15, 0.2) is 60.7 Å². The zero-order valence-electron chi connectivity index (χ0n) is 26.5. The smallest absolute Gasteiger partial charge is 0.475 e. The normalized spacial score (nSPS) is 16.1. The maximum absolute atomic E-state index is 13.2. The summed E-state index contributed by atoms with van der Waals surface area (Å²) < 4.78 is 76.7. The van der Waals surface area contributed by atoms with Crippen LogP contribution in [0.2, 0.25) is 0 Å². The fourth-order valence-electron chi connectivity index (χ4n) is 4.53. The molecule has 3 atom stereocenters. The van der Waals surface area contributed by atoms with Gasteiger partial charge in [-0.25, -0.2) is 19.0 Å². The Balaban J connectivity index is 0.000000521. The molecule has 1 aromatic heterocycles. The highest BCUT2D eigenvalue weighted by molar-refractivity contribution is 5.89. The van der Waals surface area contributed by atoms with E-state index in [-0.39, 0.29) is 23.7 Å². The Labute approximate surface area is 281 Å². The highest BCUT2D eigenvalue weighted by Crippen LogP contribution is 2.25. The van der Waals surface area contributed by atoms with Gasteiger partial charge in [0.1, 0.15) is 17.7 Å². The van der Waals surface area contributed by atoms with Crippen molar-refractivity contribution in [1.82, 2.24) is 20.9 Å². The molecule has 272 valence electrons. The van der Waals surface area contributed by atoms with Crippen LogP contribution < -0.4 is 21.7 Å². The van der Waals surface area contributed by atoms with E-state index in [4.69, 9.17) is 25.5 Å². The van der Waals surface area contributed by atoms with Gasteiger partial charge in [0.05, 0.1) is 6.04 Å². The summed E-state index contributed by atoms with van der Waals surface area (Å²) >= 11 is 0. The molecule has 0 bridgehead atoms. The number of benzene rings is 2. The molecular weight excluding hydrogens is 683 g/mol. The number of hydrogen-bond acceptors (Lipinski definition) is 7. The Hall–Kier alpha value is -5.26. The standard InChI is InChI=1S/C28H32FN5O2.2C2HF3O2/c1-17-23(8-11-26(30)33-17)16-32-27(35)18(2)34-28(36)25-14-20(15-31-25)12-19-4-3-5-22(13-19)21-6-9-24(29)10-7-21;2*3-2(4,5)1(6)7/h3-11,13,18,20,25,31H,12,14-16H2,1-2H3,(H2,30,33)(H,32,35)(H,34,36);2*(H,6,7)/t18-,20-,25+;;/m0../s1. The second-order valence-electron chi connectivity index (χ2n) is 11.0. The lowest BCUT2D eigenvalue weighted by Crippen LogP contribution is -2.50. The molecule has 0 unspecified atom stereocenters. The third kappa shape index (κ3) is 13.7. The van der Waals surface area contributed by atoms with E-state index in [2.05, 4.69) is 33.1 Å². The van der Waals surface area contributed by atoms with Crippen LogP contribution in [0.25, 0.3) is 11.1 Å². The summed E-state index contributed by atoms with van der Waals surface area (Å²) in [5.41, 5.74) is 10.5. The monoisotopic (exact) mass is 717 g/mol. The number of rotatable bonds is 8. The largest absolute Gasteiger partial charge is 0.490 e. The Bertz CT molecular complexity index is 1610. The first-order valence-corrected chi connectivity index (χ1v) is 14.7. The van der Waals surface area contributed by atoms with Crippen LogP contribution in [0.1, 0.15) is 30.2 Å². The predicted octanol–water partition coefficient (Wildman–Crippen LogP) is 4.39. The lowest BCUT2D eigenvalue weighted by Gasteiger charge is -2.17. The van der Waals surface area contributed by atoms with E-state index in [1.54, 1.807) is 25.1 Å². The van der Waals surface area contributed by atoms with Crippen LogP contribution >= 0.6 is 0 Å².